The van der Waals surface area contributed by atoms with Gasteiger partial charge in [-0.3, -0.25) is 4.90 Å². The van der Waals surface area contributed by atoms with Crippen LogP contribution in [-0.2, 0) is 0 Å². The number of anilines is 1. The molecule has 1 atom stereocenters. The first-order chi connectivity index (χ1) is 10.7. The van der Waals surface area contributed by atoms with Gasteiger partial charge in [0.15, 0.2) is 0 Å². The minimum atomic E-state index is -0.234. The van der Waals surface area contributed by atoms with Crippen LogP contribution in [0.3, 0.4) is 0 Å². The van der Waals surface area contributed by atoms with E-state index in [1.165, 1.54) is 6.42 Å². The van der Waals surface area contributed by atoms with Crippen molar-refractivity contribution in [2.45, 2.75) is 31.7 Å². The van der Waals surface area contributed by atoms with E-state index in [-0.39, 0.29) is 12.6 Å². The average molecular weight is 326 g/mol. The zero-order chi connectivity index (χ0) is 15.8. The summed E-state index contributed by atoms with van der Waals surface area (Å²) < 4.78 is 0. The monoisotopic (exact) mass is 325 g/mol. The van der Waals surface area contributed by atoms with Crippen molar-refractivity contribution in [1.82, 2.24) is 10.2 Å². The van der Waals surface area contributed by atoms with Crippen LogP contribution in [0, 0.1) is 0 Å². The number of nitrogens with one attached hydrogen (secondary N) is 2. The number of para-hydroxylation sites is 1. The van der Waals surface area contributed by atoms with Gasteiger partial charge in [0, 0.05) is 12.6 Å². The SMILES string of the molecule is O=C(NCCCCN1CCCC1CO)Nc1ccccc1Cl. The van der Waals surface area contributed by atoms with Crippen molar-refractivity contribution in [3.8, 4) is 0 Å². The predicted molar refractivity (Wildman–Crippen MR) is 89.4 cm³/mol. The number of carbonyl (C=O) groups is 1. The molecule has 3 N–H and O–H groups in total. The summed E-state index contributed by atoms with van der Waals surface area (Å²) in [7, 11) is 0. The van der Waals surface area contributed by atoms with E-state index in [4.69, 9.17) is 11.6 Å². The molecule has 0 saturated carbocycles. The topological polar surface area (TPSA) is 64.6 Å². The molecule has 1 aromatic carbocycles. The normalized spacial score (nSPS) is 18.4. The lowest BCUT2D eigenvalue weighted by Gasteiger charge is -2.22. The molecule has 0 aromatic heterocycles. The van der Waals surface area contributed by atoms with Gasteiger partial charge in [-0.15, -0.1) is 0 Å². The number of aliphatic hydroxyl groups is 1. The van der Waals surface area contributed by atoms with Crippen molar-refractivity contribution < 1.29 is 9.90 Å². The Labute approximate surface area is 136 Å². The lowest BCUT2D eigenvalue weighted by atomic mass is 10.2. The molecule has 1 unspecified atom stereocenters. The van der Waals surface area contributed by atoms with Crippen LogP contribution in [0.1, 0.15) is 25.7 Å². The second-order valence-corrected chi connectivity index (χ2v) is 5.99. The molecule has 22 heavy (non-hydrogen) atoms. The molecule has 2 rings (SSSR count). The third-order valence-electron chi connectivity index (χ3n) is 3.99. The molecule has 1 heterocycles. The Bertz CT molecular complexity index is 484. The number of urea groups is 1. The molecular formula is C16H24ClN3O2. The average Bonchev–Trinajstić information content (AvgIpc) is 2.97. The van der Waals surface area contributed by atoms with Gasteiger partial charge < -0.3 is 15.7 Å². The number of unbranched alkanes of at least 4 members (excludes halogenated alkanes) is 1. The maximum absolute atomic E-state index is 11.8. The van der Waals surface area contributed by atoms with Crippen LogP contribution in [0.5, 0.6) is 0 Å². The summed E-state index contributed by atoms with van der Waals surface area (Å²) in [5.41, 5.74) is 0.615. The fourth-order valence-electron chi connectivity index (χ4n) is 2.77. The summed E-state index contributed by atoms with van der Waals surface area (Å²) in [5.74, 6) is 0. The fraction of sp³-hybridized carbons (Fsp3) is 0.562. The molecule has 1 aliphatic heterocycles. The number of hydrogen-bond donors (Lipinski definition) is 3. The van der Waals surface area contributed by atoms with Crippen LogP contribution in [-0.4, -0.2) is 48.3 Å². The molecule has 122 valence electrons. The standard InChI is InChI=1S/C16H24ClN3O2/c17-14-7-1-2-8-15(14)19-16(22)18-9-3-4-10-20-11-5-6-13(20)12-21/h1-2,7-8,13,21H,3-6,9-12H2,(H2,18,19,22). The van der Waals surface area contributed by atoms with E-state index < -0.39 is 0 Å². The number of carbonyl (C=O) groups excluding carboxylic acids is 1. The van der Waals surface area contributed by atoms with Gasteiger partial charge in [0.25, 0.3) is 0 Å². The minimum Gasteiger partial charge on any atom is -0.395 e. The molecule has 1 aliphatic rings. The molecule has 0 aliphatic carbocycles. The minimum absolute atomic E-state index is 0.234. The van der Waals surface area contributed by atoms with E-state index in [1.54, 1.807) is 12.1 Å². The summed E-state index contributed by atoms with van der Waals surface area (Å²) in [4.78, 5) is 14.1. The number of nitrogens with zero attached hydrogens (tertiary/aromatic N) is 1. The van der Waals surface area contributed by atoms with Gasteiger partial charge in [-0.1, -0.05) is 23.7 Å². The van der Waals surface area contributed by atoms with Crippen LogP contribution in [0.2, 0.25) is 5.02 Å². The highest BCUT2D eigenvalue weighted by Crippen LogP contribution is 2.20. The largest absolute Gasteiger partial charge is 0.395 e. The molecule has 0 radical (unpaired) electrons. The maximum atomic E-state index is 11.8. The van der Waals surface area contributed by atoms with Gasteiger partial charge in [-0.2, -0.15) is 0 Å². The number of likely N-dealkylation sites (tertiary alicyclic amines) is 1. The molecule has 0 bridgehead atoms. The van der Waals surface area contributed by atoms with Crippen LogP contribution >= 0.6 is 11.6 Å². The van der Waals surface area contributed by atoms with E-state index in [0.29, 0.717) is 23.3 Å². The number of amides is 2. The summed E-state index contributed by atoms with van der Waals surface area (Å²) in [6.45, 7) is 2.94. The molecule has 5 nitrogen and oxygen atoms in total. The lowest BCUT2D eigenvalue weighted by Crippen LogP contribution is -2.34. The molecule has 1 fully saturated rings. The maximum Gasteiger partial charge on any atom is 0.319 e. The van der Waals surface area contributed by atoms with Crippen LogP contribution in [0.25, 0.3) is 0 Å². The summed E-state index contributed by atoms with van der Waals surface area (Å²) in [5, 5.41) is 15.4. The van der Waals surface area contributed by atoms with Crippen molar-refractivity contribution in [3.63, 3.8) is 0 Å². The van der Waals surface area contributed by atoms with E-state index in [2.05, 4.69) is 15.5 Å². The highest BCUT2D eigenvalue weighted by atomic mass is 35.5. The molecule has 1 aromatic rings. The van der Waals surface area contributed by atoms with Gasteiger partial charge in [0.1, 0.15) is 0 Å². The zero-order valence-corrected chi connectivity index (χ0v) is 13.5. The second kappa shape index (κ2) is 8.98. The van der Waals surface area contributed by atoms with Crippen LogP contribution in [0.15, 0.2) is 24.3 Å². The highest BCUT2D eigenvalue weighted by molar-refractivity contribution is 6.33. The first-order valence-corrected chi connectivity index (χ1v) is 8.23. The predicted octanol–water partition coefficient (Wildman–Crippen LogP) is 2.70. The number of halogens is 1. The van der Waals surface area contributed by atoms with Crippen LogP contribution < -0.4 is 10.6 Å². The van der Waals surface area contributed by atoms with E-state index in [1.807, 2.05) is 12.1 Å². The number of rotatable bonds is 7. The Morgan fingerprint density at radius 1 is 1.36 bits per heavy atom. The van der Waals surface area contributed by atoms with Crippen molar-refractivity contribution >= 4 is 23.3 Å². The van der Waals surface area contributed by atoms with E-state index in [9.17, 15) is 9.90 Å². The summed E-state index contributed by atoms with van der Waals surface area (Å²) in [6, 6.07) is 7.26. The van der Waals surface area contributed by atoms with Crippen molar-refractivity contribution in [2.75, 3.05) is 31.6 Å². The zero-order valence-electron chi connectivity index (χ0n) is 12.7. The van der Waals surface area contributed by atoms with Gasteiger partial charge in [0.2, 0.25) is 0 Å². The Morgan fingerprint density at radius 2 is 2.18 bits per heavy atom. The Morgan fingerprint density at radius 3 is 2.95 bits per heavy atom. The second-order valence-electron chi connectivity index (χ2n) is 5.58. The molecular weight excluding hydrogens is 302 g/mol. The van der Waals surface area contributed by atoms with Gasteiger partial charge >= 0.3 is 6.03 Å². The first-order valence-electron chi connectivity index (χ1n) is 7.85. The molecule has 6 heteroatoms. The number of hydrogen-bond acceptors (Lipinski definition) is 3. The van der Waals surface area contributed by atoms with Crippen LogP contribution in [0.4, 0.5) is 10.5 Å². The fourth-order valence-corrected chi connectivity index (χ4v) is 2.95. The lowest BCUT2D eigenvalue weighted by molar-refractivity contribution is 0.157. The number of benzene rings is 1. The van der Waals surface area contributed by atoms with E-state index >= 15 is 0 Å². The highest BCUT2D eigenvalue weighted by Gasteiger charge is 2.22. The molecule has 2 amide bonds. The third-order valence-corrected chi connectivity index (χ3v) is 4.32. The third kappa shape index (κ3) is 5.16. The van der Waals surface area contributed by atoms with Crippen molar-refractivity contribution in [1.29, 1.82) is 0 Å². The first kappa shape index (κ1) is 17.1. The molecule has 1 saturated heterocycles. The summed E-state index contributed by atoms with van der Waals surface area (Å²) >= 11 is 5.98. The van der Waals surface area contributed by atoms with Gasteiger partial charge in [0.05, 0.1) is 17.3 Å². The smallest absolute Gasteiger partial charge is 0.319 e. The van der Waals surface area contributed by atoms with E-state index in [0.717, 1.165) is 32.4 Å². The van der Waals surface area contributed by atoms with Gasteiger partial charge in [-0.25, -0.2) is 4.79 Å². The number of aliphatic hydroxyl groups excluding tert-OH is 1. The summed E-state index contributed by atoms with van der Waals surface area (Å²) in [6.07, 6.45) is 4.20. The Kier molecular flexibility index (Phi) is 6.96. The molecule has 0 spiro atoms. The Hall–Kier alpha value is -1.30. The van der Waals surface area contributed by atoms with Crippen molar-refractivity contribution in [3.05, 3.63) is 29.3 Å². The van der Waals surface area contributed by atoms with Gasteiger partial charge in [-0.05, 0) is 50.9 Å². The van der Waals surface area contributed by atoms with Crippen molar-refractivity contribution in [2.24, 2.45) is 0 Å². The quantitative estimate of drug-likeness (QED) is 0.675. The Balaban J connectivity index is 1.58.